The molecular weight excluding hydrogens is 293 g/mol. The van der Waals surface area contributed by atoms with Gasteiger partial charge in [-0.05, 0) is 12.1 Å². The predicted molar refractivity (Wildman–Crippen MR) is 72.8 cm³/mol. The number of nitrogens with one attached hydrogen (secondary N) is 1. The highest BCUT2D eigenvalue weighted by Gasteiger charge is 2.75. The highest BCUT2D eigenvalue weighted by Crippen LogP contribution is 2.76. The van der Waals surface area contributed by atoms with E-state index in [1.807, 2.05) is 36.4 Å². The average Bonchev–Trinajstić information content (AvgIpc) is 2.94. The predicted octanol–water partition coefficient (Wildman–Crippen LogP) is 1.93. The maximum absolute atomic E-state index is 11.9. The third-order valence-electron chi connectivity index (χ3n) is 3.98. The van der Waals surface area contributed by atoms with Gasteiger partial charge in [0.05, 0.1) is 11.2 Å². The molecule has 108 valence electrons. The third kappa shape index (κ3) is 1.56. The van der Waals surface area contributed by atoms with Crippen molar-refractivity contribution in [3.8, 4) is 0 Å². The van der Waals surface area contributed by atoms with Gasteiger partial charge < -0.3 is 5.32 Å². The number of rotatable bonds is 1. The van der Waals surface area contributed by atoms with E-state index in [0.29, 0.717) is 13.1 Å². The minimum Gasteiger partial charge on any atom is -0.301 e. The van der Waals surface area contributed by atoms with Crippen molar-refractivity contribution in [1.82, 2.24) is 15.4 Å². The van der Waals surface area contributed by atoms with Crippen molar-refractivity contribution in [2.45, 2.75) is 12.0 Å². The topological polar surface area (TPSA) is 72.9 Å². The van der Waals surface area contributed by atoms with E-state index < -0.39 is 13.7 Å². The summed E-state index contributed by atoms with van der Waals surface area (Å²) in [5, 5.41) is 5.90. The molecule has 2 aromatic rings. The molecule has 8 heteroatoms. The molecule has 6 rings (SSSR count). The monoisotopic (exact) mass is 305 g/mol. The SMILES string of the molecule is O=P12ON3CCNC(c4ccc5ccccc5n4)C3(O1)O2. The number of benzene rings is 1. The fourth-order valence-corrected chi connectivity index (χ4v) is 4.60. The molecule has 7 nitrogen and oxygen atoms in total. The summed E-state index contributed by atoms with van der Waals surface area (Å²) in [6, 6.07) is 11.5. The van der Waals surface area contributed by atoms with Crippen LogP contribution in [0.5, 0.6) is 0 Å². The number of hydroxylamine groups is 2. The van der Waals surface area contributed by atoms with E-state index in [0.717, 1.165) is 16.6 Å². The van der Waals surface area contributed by atoms with Crippen LogP contribution < -0.4 is 5.32 Å². The van der Waals surface area contributed by atoms with E-state index in [9.17, 15) is 4.57 Å². The van der Waals surface area contributed by atoms with Crippen LogP contribution in [0.25, 0.3) is 10.9 Å². The molecule has 1 aromatic carbocycles. The smallest absolute Gasteiger partial charge is 0.301 e. The number of phosphoric ester groups is 1. The molecule has 0 amide bonds. The lowest BCUT2D eigenvalue weighted by atomic mass is 10.1. The summed E-state index contributed by atoms with van der Waals surface area (Å²) >= 11 is 0. The van der Waals surface area contributed by atoms with Gasteiger partial charge in [-0.2, -0.15) is 4.62 Å². The summed E-state index contributed by atoms with van der Waals surface area (Å²) in [5.41, 5.74) is 1.67. The molecule has 4 aliphatic heterocycles. The molecule has 0 aliphatic carbocycles. The van der Waals surface area contributed by atoms with Gasteiger partial charge in [0.15, 0.2) is 0 Å². The molecule has 0 radical (unpaired) electrons. The van der Waals surface area contributed by atoms with E-state index in [-0.39, 0.29) is 6.04 Å². The molecule has 1 unspecified atom stereocenters. The van der Waals surface area contributed by atoms with Crippen LogP contribution in [0.3, 0.4) is 0 Å². The zero-order valence-electron chi connectivity index (χ0n) is 10.9. The van der Waals surface area contributed by atoms with Crippen molar-refractivity contribution < 1.29 is 18.2 Å². The minimum absolute atomic E-state index is 0.347. The molecule has 21 heavy (non-hydrogen) atoms. The molecule has 1 atom stereocenters. The van der Waals surface area contributed by atoms with Crippen LogP contribution in [0, 0.1) is 0 Å². The number of hydrogen-bond acceptors (Lipinski definition) is 7. The van der Waals surface area contributed by atoms with Crippen LogP contribution >= 0.6 is 7.82 Å². The molecule has 1 spiro atoms. The quantitative estimate of drug-likeness (QED) is 0.807. The van der Waals surface area contributed by atoms with Crippen LogP contribution in [-0.2, 0) is 18.2 Å². The molecule has 4 saturated heterocycles. The number of phosphoric acid groups is 1. The fourth-order valence-electron chi connectivity index (χ4n) is 3.05. The highest BCUT2D eigenvalue weighted by atomic mass is 31.2. The van der Waals surface area contributed by atoms with Crippen molar-refractivity contribution >= 4 is 18.7 Å². The Hall–Kier alpha value is -1.34. The Kier molecular flexibility index (Phi) is 2.27. The normalized spacial score (nSPS) is 38.2. The van der Waals surface area contributed by atoms with Gasteiger partial charge in [0, 0.05) is 18.5 Å². The Morgan fingerprint density at radius 1 is 1.29 bits per heavy atom. The fraction of sp³-hybridized carbons (Fsp3) is 0.308. The molecule has 1 aromatic heterocycles. The zero-order chi connectivity index (χ0) is 14.1. The third-order valence-corrected chi connectivity index (χ3v) is 5.34. The first-order valence-corrected chi connectivity index (χ1v) is 8.23. The summed E-state index contributed by atoms with van der Waals surface area (Å²) in [6.07, 6.45) is 0. The first-order chi connectivity index (χ1) is 10.2. The molecule has 4 aliphatic rings. The van der Waals surface area contributed by atoms with E-state index in [1.54, 1.807) is 0 Å². The molecule has 2 bridgehead atoms. The second-order valence-electron chi connectivity index (χ2n) is 5.26. The van der Waals surface area contributed by atoms with Gasteiger partial charge in [-0.15, -0.1) is 5.06 Å². The summed E-state index contributed by atoms with van der Waals surface area (Å²) in [4.78, 5) is 4.66. The number of nitrogens with zero attached hydrogens (tertiary/aromatic N) is 2. The van der Waals surface area contributed by atoms with Crippen molar-refractivity contribution in [2.75, 3.05) is 13.1 Å². The summed E-state index contributed by atoms with van der Waals surface area (Å²) in [6.45, 7) is 1.22. The van der Waals surface area contributed by atoms with E-state index >= 15 is 0 Å². The van der Waals surface area contributed by atoms with Gasteiger partial charge in [0.1, 0.15) is 6.04 Å². The van der Waals surface area contributed by atoms with E-state index in [4.69, 9.17) is 13.7 Å². The van der Waals surface area contributed by atoms with Crippen molar-refractivity contribution in [1.29, 1.82) is 0 Å². The number of pyridine rings is 1. The summed E-state index contributed by atoms with van der Waals surface area (Å²) < 4.78 is 28.0. The van der Waals surface area contributed by atoms with Crippen molar-refractivity contribution in [2.24, 2.45) is 0 Å². The van der Waals surface area contributed by atoms with Gasteiger partial charge in [0.25, 0.3) is 5.91 Å². The second kappa shape index (κ2) is 3.89. The summed E-state index contributed by atoms with van der Waals surface area (Å²) in [5.74, 6) is -1.15. The maximum atomic E-state index is 11.9. The first kappa shape index (κ1) is 12.2. The van der Waals surface area contributed by atoms with Crippen LogP contribution in [0.15, 0.2) is 36.4 Å². The maximum Gasteiger partial charge on any atom is 0.499 e. The molecule has 4 fully saturated rings. The summed E-state index contributed by atoms with van der Waals surface area (Å²) in [7, 11) is -3.36. The molecule has 0 saturated carbocycles. The van der Waals surface area contributed by atoms with E-state index in [1.165, 1.54) is 5.06 Å². The number of piperazine rings is 1. The van der Waals surface area contributed by atoms with Crippen molar-refractivity contribution in [3.63, 3.8) is 0 Å². The Morgan fingerprint density at radius 3 is 3.05 bits per heavy atom. The molecule has 5 heterocycles. The molecule has 1 N–H and O–H groups in total. The zero-order valence-corrected chi connectivity index (χ0v) is 11.8. The number of fused-ring (bicyclic) bond motifs is 1. The lowest BCUT2D eigenvalue weighted by molar-refractivity contribution is -0.307. The van der Waals surface area contributed by atoms with Gasteiger partial charge in [-0.3, -0.25) is 4.98 Å². The van der Waals surface area contributed by atoms with Crippen LogP contribution in [0.2, 0.25) is 0 Å². The molecular formula is C13H12N3O4P. The number of para-hydroxylation sites is 1. The van der Waals surface area contributed by atoms with Gasteiger partial charge in [-0.1, -0.05) is 24.3 Å². The van der Waals surface area contributed by atoms with Crippen LogP contribution in [-0.4, -0.2) is 29.0 Å². The Morgan fingerprint density at radius 2 is 2.14 bits per heavy atom. The number of aromatic nitrogens is 1. The Bertz CT molecular complexity index is 788. The lowest BCUT2D eigenvalue weighted by Gasteiger charge is -2.44. The minimum atomic E-state index is -3.36. The largest absolute Gasteiger partial charge is 0.499 e. The van der Waals surface area contributed by atoms with Crippen molar-refractivity contribution in [3.05, 3.63) is 42.1 Å². The van der Waals surface area contributed by atoms with Gasteiger partial charge >= 0.3 is 7.82 Å². The lowest BCUT2D eigenvalue weighted by Crippen LogP contribution is -2.62. The number of hydrogen-bond donors (Lipinski definition) is 1. The van der Waals surface area contributed by atoms with Crippen LogP contribution in [0.4, 0.5) is 0 Å². The second-order valence-corrected chi connectivity index (χ2v) is 6.68. The van der Waals surface area contributed by atoms with Gasteiger partial charge in [0.2, 0.25) is 0 Å². The Labute approximate surface area is 120 Å². The van der Waals surface area contributed by atoms with Gasteiger partial charge in [-0.25, -0.2) is 13.6 Å². The van der Waals surface area contributed by atoms with E-state index in [2.05, 4.69) is 10.3 Å². The Balaban J connectivity index is 1.60. The first-order valence-electron chi connectivity index (χ1n) is 6.77. The average molecular weight is 305 g/mol. The van der Waals surface area contributed by atoms with Crippen LogP contribution in [0.1, 0.15) is 11.7 Å². The highest BCUT2D eigenvalue weighted by molar-refractivity contribution is 7.50. The standard InChI is InChI=1S/C13H12N3O4P/c17-21-18-13(19-21)12(14-7-8-16(13)20-21)11-6-5-9-3-1-2-4-10(9)15-11/h1-6,12,14H,7-8H2.